The Morgan fingerprint density at radius 2 is 0.929 bits per heavy atom. The second kappa shape index (κ2) is 30.9. The molecule has 0 aromatic carbocycles. The number of nitrogens with one attached hydrogen (secondary N) is 2. The smallest absolute Gasteiger partial charge is 0.329 e. The van der Waals surface area contributed by atoms with E-state index in [1.807, 2.05) is 0 Å². The number of carboxylic acid groups (broad SMARTS) is 1. The molecule has 0 aliphatic carbocycles. The first-order valence-electron chi connectivity index (χ1n) is 14.7. The molecule has 1 saturated heterocycles. The van der Waals surface area contributed by atoms with Crippen molar-refractivity contribution >= 4 is 11.9 Å². The lowest BCUT2D eigenvalue weighted by molar-refractivity contribution is -0.143. The Morgan fingerprint density at radius 3 is 1.33 bits per heavy atom. The van der Waals surface area contributed by atoms with Gasteiger partial charge in [-0.25, -0.2) is 4.79 Å². The third-order valence-electron chi connectivity index (χ3n) is 5.50. The highest BCUT2D eigenvalue weighted by molar-refractivity contribution is 5.77. The zero-order valence-electron chi connectivity index (χ0n) is 24.9. The van der Waals surface area contributed by atoms with Crippen molar-refractivity contribution in [3.05, 3.63) is 0 Å². The molecular formula is C27H52N2O13. The van der Waals surface area contributed by atoms with E-state index in [1.54, 1.807) is 0 Å². The van der Waals surface area contributed by atoms with E-state index in [1.165, 1.54) is 0 Å². The van der Waals surface area contributed by atoms with Gasteiger partial charge >= 0.3 is 5.97 Å². The predicted molar refractivity (Wildman–Crippen MR) is 150 cm³/mol. The van der Waals surface area contributed by atoms with Crippen molar-refractivity contribution in [1.82, 2.24) is 10.6 Å². The Morgan fingerprint density at radius 1 is 0.548 bits per heavy atom. The monoisotopic (exact) mass is 612 g/mol. The van der Waals surface area contributed by atoms with E-state index in [4.69, 9.17) is 47.7 Å². The van der Waals surface area contributed by atoms with E-state index in [0.717, 1.165) is 25.9 Å². The van der Waals surface area contributed by atoms with E-state index in [2.05, 4.69) is 15.4 Å². The maximum atomic E-state index is 11.3. The molecule has 1 heterocycles. The first-order chi connectivity index (χ1) is 20.7. The Hall–Kier alpha value is -1.50. The maximum absolute atomic E-state index is 11.3. The number of amides is 1. The van der Waals surface area contributed by atoms with Gasteiger partial charge in [0.1, 0.15) is 13.2 Å². The number of piperidine rings is 1. The Balaban J connectivity index is 1.63. The number of carbonyl (C=O) groups excluding carboxylic acids is 1. The Labute approximate surface area is 249 Å². The van der Waals surface area contributed by atoms with Crippen molar-refractivity contribution in [1.29, 1.82) is 0 Å². The largest absolute Gasteiger partial charge is 0.480 e. The van der Waals surface area contributed by atoms with Crippen LogP contribution in [-0.2, 0) is 57.0 Å². The van der Waals surface area contributed by atoms with E-state index < -0.39 is 18.5 Å². The molecule has 15 nitrogen and oxygen atoms in total. The van der Waals surface area contributed by atoms with Gasteiger partial charge in [0, 0.05) is 6.54 Å². The molecule has 1 rings (SSSR count). The van der Waals surface area contributed by atoms with Crippen LogP contribution < -0.4 is 10.6 Å². The number of hydrogen-bond donors (Lipinski definition) is 3. The minimum absolute atomic E-state index is 0.297. The van der Waals surface area contributed by atoms with Gasteiger partial charge in [-0.1, -0.05) is 0 Å². The molecule has 0 spiro atoms. The van der Waals surface area contributed by atoms with Crippen LogP contribution in [0.2, 0.25) is 0 Å². The molecule has 0 unspecified atom stereocenters. The van der Waals surface area contributed by atoms with Crippen molar-refractivity contribution in [3.63, 3.8) is 0 Å². The van der Waals surface area contributed by atoms with E-state index in [9.17, 15) is 9.59 Å². The molecule has 0 atom stereocenters. The molecule has 248 valence electrons. The summed E-state index contributed by atoms with van der Waals surface area (Å²) in [6, 6.07) is 0. The average Bonchev–Trinajstić information content (AvgIpc) is 2.99. The number of aliphatic carboxylic acids is 1. The highest BCUT2D eigenvalue weighted by Crippen LogP contribution is 2.06. The lowest BCUT2D eigenvalue weighted by Gasteiger charge is -2.22. The molecule has 1 fully saturated rings. The minimum atomic E-state index is -1.12. The molecule has 1 aliphatic rings. The summed E-state index contributed by atoms with van der Waals surface area (Å²) >= 11 is 0. The van der Waals surface area contributed by atoms with Crippen LogP contribution in [0.25, 0.3) is 0 Å². The Kier molecular flexibility index (Phi) is 28.4. The van der Waals surface area contributed by atoms with E-state index >= 15 is 0 Å². The number of ether oxygens (including phenoxy) is 10. The molecule has 42 heavy (non-hydrogen) atoms. The summed E-state index contributed by atoms with van der Waals surface area (Å²) in [4.78, 5) is 21.6. The number of carboxylic acids is 1. The summed E-state index contributed by atoms with van der Waals surface area (Å²) in [5.74, 6) is -1.51. The van der Waals surface area contributed by atoms with Gasteiger partial charge in [-0.3, -0.25) is 4.79 Å². The maximum Gasteiger partial charge on any atom is 0.329 e. The summed E-state index contributed by atoms with van der Waals surface area (Å²) < 4.78 is 53.9. The Bertz CT molecular complexity index is 613. The molecule has 0 bridgehead atoms. The first-order valence-corrected chi connectivity index (χ1v) is 14.7. The number of hydrogen-bond acceptors (Lipinski definition) is 13. The lowest BCUT2D eigenvalue weighted by Crippen LogP contribution is -2.33. The van der Waals surface area contributed by atoms with Crippen LogP contribution in [0.3, 0.4) is 0 Å². The standard InChI is InChI=1S/C27H52N2O13/c30-26(23-41-24-27(31)32)29-5-6-33-7-8-34-9-10-35-11-12-36-13-14-37-15-16-38-17-18-39-19-20-40-21-22-42-25-1-3-28-4-2-25/h25,28H,1-24H2,(H,29,30)(H,31,32). The molecule has 3 N–H and O–H groups in total. The SMILES string of the molecule is O=C(O)COCC(=O)NCCOCCOCCOCCOCCOCCOCCOCCOCCOC1CCNCC1. The van der Waals surface area contributed by atoms with Crippen molar-refractivity contribution < 1.29 is 62.1 Å². The summed E-state index contributed by atoms with van der Waals surface area (Å²) in [6.45, 7) is 9.85. The molecule has 0 radical (unpaired) electrons. The fourth-order valence-electron chi connectivity index (χ4n) is 3.42. The van der Waals surface area contributed by atoms with E-state index in [-0.39, 0.29) is 6.61 Å². The van der Waals surface area contributed by atoms with Crippen LogP contribution in [0.15, 0.2) is 0 Å². The zero-order valence-corrected chi connectivity index (χ0v) is 24.9. The van der Waals surface area contributed by atoms with Gasteiger partial charge in [0.2, 0.25) is 5.91 Å². The second-order valence-electron chi connectivity index (χ2n) is 8.96. The molecule has 0 saturated carbocycles. The lowest BCUT2D eigenvalue weighted by atomic mass is 10.1. The van der Waals surface area contributed by atoms with Gasteiger partial charge in [0.25, 0.3) is 0 Å². The van der Waals surface area contributed by atoms with Crippen molar-refractivity contribution in [2.24, 2.45) is 0 Å². The van der Waals surface area contributed by atoms with Gasteiger partial charge in [-0.05, 0) is 25.9 Å². The third-order valence-corrected chi connectivity index (χ3v) is 5.50. The van der Waals surface area contributed by atoms with Crippen molar-refractivity contribution in [2.75, 3.05) is 145 Å². The molecular weight excluding hydrogens is 560 g/mol. The van der Waals surface area contributed by atoms with Gasteiger partial charge in [0.05, 0.1) is 118 Å². The van der Waals surface area contributed by atoms with Crippen molar-refractivity contribution in [3.8, 4) is 0 Å². The molecule has 0 aromatic heterocycles. The summed E-state index contributed by atoms with van der Waals surface area (Å²) in [5, 5.41) is 14.3. The number of rotatable bonds is 32. The van der Waals surface area contributed by atoms with Gasteiger partial charge in [0.15, 0.2) is 0 Å². The van der Waals surface area contributed by atoms with Gasteiger partial charge in [-0.2, -0.15) is 0 Å². The highest BCUT2D eigenvalue weighted by Gasteiger charge is 2.12. The zero-order chi connectivity index (χ0) is 30.2. The topological polar surface area (TPSA) is 171 Å². The predicted octanol–water partition coefficient (Wildman–Crippen LogP) is -0.895. The average molecular weight is 613 g/mol. The van der Waals surface area contributed by atoms with Gasteiger partial charge in [-0.15, -0.1) is 0 Å². The van der Waals surface area contributed by atoms with E-state index in [0.29, 0.717) is 125 Å². The molecule has 1 aliphatic heterocycles. The van der Waals surface area contributed by atoms with Crippen LogP contribution in [-0.4, -0.2) is 168 Å². The van der Waals surface area contributed by atoms with Crippen LogP contribution >= 0.6 is 0 Å². The first kappa shape index (κ1) is 38.5. The third kappa shape index (κ3) is 28.6. The van der Waals surface area contributed by atoms with Crippen molar-refractivity contribution in [2.45, 2.75) is 18.9 Å². The second-order valence-corrected chi connectivity index (χ2v) is 8.96. The van der Waals surface area contributed by atoms with Gasteiger partial charge < -0.3 is 63.1 Å². The highest BCUT2D eigenvalue weighted by atomic mass is 16.6. The van der Waals surface area contributed by atoms with Crippen LogP contribution in [0.4, 0.5) is 0 Å². The molecule has 1 amide bonds. The molecule has 15 heteroatoms. The fraction of sp³-hybridized carbons (Fsp3) is 0.926. The quantitative estimate of drug-likeness (QED) is 0.0799. The van der Waals surface area contributed by atoms with Crippen LogP contribution in [0.1, 0.15) is 12.8 Å². The number of carbonyl (C=O) groups is 2. The normalized spacial score (nSPS) is 13.9. The summed E-state index contributed by atoms with van der Waals surface area (Å²) in [5.41, 5.74) is 0. The fourth-order valence-corrected chi connectivity index (χ4v) is 3.42. The molecule has 0 aromatic rings. The summed E-state index contributed by atoms with van der Waals surface area (Å²) in [7, 11) is 0. The van der Waals surface area contributed by atoms with Crippen LogP contribution in [0.5, 0.6) is 0 Å². The van der Waals surface area contributed by atoms with Crippen LogP contribution in [0, 0.1) is 0 Å². The summed E-state index contributed by atoms with van der Waals surface area (Å²) in [6.07, 6.45) is 2.51. The minimum Gasteiger partial charge on any atom is -0.480 e.